The van der Waals surface area contributed by atoms with E-state index in [4.69, 9.17) is 14.2 Å². The number of hydrogen-bond acceptors (Lipinski definition) is 5. The Balaban J connectivity index is 2.66. The molecule has 0 aliphatic rings. The van der Waals surface area contributed by atoms with Crippen LogP contribution in [0.1, 0.15) is 11.1 Å². The van der Waals surface area contributed by atoms with Crippen molar-refractivity contribution >= 4 is 11.5 Å². The molecule has 0 spiro atoms. The van der Waals surface area contributed by atoms with E-state index in [1.807, 2.05) is 6.07 Å². The molecule has 0 radical (unpaired) electrons. The summed E-state index contributed by atoms with van der Waals surface area (Å²) in [4.78, 5) is 12.0. The fourth-order valence-corrected chi connectivity index (χ4v) is 2.28. The average molecular weight is 323 g/mol. The van der Waals surface area contributed by atoms with Crippen molar-refractivity contribution in [3.8, 4) is 17.6 Å². The zero-order valence-corrected chi connectivity index (χ0v) is 13.7. The largest absolute Gasteiger partial charge is 0.497 e. The van der Waals surface area contributed by atoms with Crippen LogP contribution in [-0.4, -0.2) is 27.3 Å². The highest BCUT2D eigenvalue weighted by atomic mass is 16.5. The molecule has 0 unspecified atom stereocenters. The first-order chi connectivity index (χ1) is 11.6. The molecule has 122 valence electrons. The van der Waals surface area contributed by atoms with E-state index in [2.05, 4.69) is 0 Å². The summed E-state index contributed by atoms with van der Waals surface area (Å²) >= 11 is 0. The van der Waals surface area contributed by atoms with E-state index >= 15 is 0 Å². The van der Waals surface area contributed by atoms with Crippen molar-refractivity contribution in [2.75, 3.05) is 21.3 Å². The molecule has 5 nitrogen and oxygen atoms in total. The number of hydrogen-bond donors (Lipinski definition) is 0. The smallest absolute Gasteiger partial charge is 0.349 e. The summed E-state index contributed by atoms with van der Waals surface area (Å²) in [5.41, 5.74) is 1.85. The van der Waals surface area contributed by atoms with E-state index < -0.39 is 5.97 Å². The van der Waals surface area contributed by atoms with Crippen LogP contribution in [0.15, 0.2) is 54.1 Å². The number of benzene rings is 2. The van der Waals surface area contributed by atoms with Crippen LogP contribution in [0, 0.1) is 11.3 Å². The Morgan fingerprint density at radius 1 is 0.833 bits per heavy atom. The number of nitriles is 1. The van der Waals surface area contributed by atoms with Crippen molar-refractivity contribution in [3.63, 3.8) is 0 Å². The standard InChI is InChI=1S/C19H17NO4/c1-22-15-8-4-13(5-9-15)18(17(12-20)19(21)24-3)14-6-10-16(23-2)11-7-14/h4-11H,1-3H3. The lowest BCUT2D eigenvalue weighted by Crippen LogP contribution is -2.07. The van der Waals surface area contributed by atoms with E-state index in [1.165, 1.54) is 7.11 Å². The molecule has 2 aromatic rings. The van der Waals surface area contributed by atoms with Gasteiger partial charge in [-0.2, -0.15) is 5.26 Å². The zero-order chi connectivity index (χ0) is 17.5. The third-order valence-electron chi connectivity index (χ3n) is 3.51. The van der Waals surface area contributed by atoms with Crippen molar-refractivity contribution < 1.29 is 19.0 Å². The maximum absolute atomic E-state index is 12.0. The number of methoxy groups -OCH3 is 3. The Bertz CT molecular complexity index is 734. The van der Waals surface area contributed by atoms with Gasteiger partial charge in [-0.25, -0.2) is 4.79 Å². The monoisotopic (exact) mass is 323 g/mol. The van der Waals surface area contributed by atoms with Crippen LogP contribution in [0.5, 0.6) is 11.5 Å². The molecule has 0 N–H and O–H groups in total. The predicted octanol–water partition coefficient (Wildman–Crippen LogP) is 3.20. The molecule has 2 rings (SSSR count). The van der Waals surface area contributed by atoms with E-state index in [1.54, 1.807) is 62.8 Å². The lowest BCUT2D eigenvalue weighted by Gasteiger charge is -2.12. The fraction of sp³-hybridized carbons (Fsp3) is 0.158. The lowest BCUT2D eigenvalue weighted by molar-refractivity contribution is -0.135. The normalized spacial score (nSPS) is 9.58. The third-order valence-corrected chi connectivity index (χ3v) is 3.51. The predicted molar refractivity (Wildman–Crippen MR) is 89.6 cm³/mol. The van der Waals surface area contributed by atoms with Gasteiger partial charge < -0.3 is 14.2 Å². The number of nitrogens with zero attached hydrogens (tertiary/aromatic N) is 1. The van der Waals surface area contributed by atoms with Crippen LogP contribution < -0.4 is 9.47 Å². The second kappa shape index (κ2) is 7.84. The van der Waals surface area contributed by atoms with Crippen LogP contribution in [0.25, 0.3) is 5.57 Å². The number of carbonyl (C=O) groups excluding carboxylic acids is 1. The number of carbonyl (C=O) groups is 1. The molecule has 0 aromatic heterocycles. The summed E-state index contributed by atoms with van der Waals surface area (Å²) in [5.74, 6) is 0.688. The Morgan fingerprint density at radius 2 is 1.25 bits per heavy atom. The second-order valence-corrected chi connectivity index (χ2v) is 4.81. The van der Waals surface area contributed by atoms with Crippen molar-refractivity contribution in [1.82, 2.24) is 0 Å². The van der Waals surface area contributed by atoms with Crippen LogP contribution >= 0.6 is 0 Å². The first-order valence-electron chi connectivity index (χ1n) is 7.16. The van der Waals surface area contributed by atoms with Gasteiger partial charge in [0.05, 0.1) is 21.3 Å². The Morgan fingerprint density at radius 3 is 1.54 bits per heavy atom. The summed E-state index contributed by atoms with van der Waals surface area (Å²) < 4.78 is 15.1. The van der Waals surface area contributed by atoms with E-state index in [0.29, 0.717) is 28.2 Å². The van der Waals surface area contributed by atoms with E-state index in [0.717, 1.165) is 0 Å². The number of esters is 1. The first-order valence-corrected chi connectivity index (χ1v) is 7.16. The number of rotatable bonds is 5. The highest BCUT2D eigenvalue weighted by Gasteiger charge is 2.19. The molecule has 0 aliphatic carbocycles. The van der Waals surface area contributed by atoms with Gasteiger partial charge in [0.25, 0.3) is 0 Å². The molecule has 5 heteroatoms. The highest BCUT2D eigenvalue weighted by molar-refractivity contribution is 6.05. The third kappa shape index (κ3) is 3.55. The van der Waals surface area contributed by atoms with Crippen molar-refractivity contribution in [3.05, 3.63) is 65.2 Å². The molecule has 0 atom stereocenters. The fourth-order valence-electron chi connectivity index (χ4n) is 2.28. The van der Waals surface area contributed by atoms with Gasteiger partial charge in [0, 0.05) is 5.57 Å². The molecule has 0 heterocycles. The van der Waals surface area contributed by atoms with Gasteiger partial charge in [0.1, 0.15) is 23.1 Å². The Hall–Kier alpha value is -3.26. The minimum atomic E-state index is -0.681. The van der Waals surface area contributed by atoms with Gasteiger partial charge >= 0.3 is 5.97 Å². The van der Waals surface area contributed by atoms with Crippen molar-refractivity contribution in [1.29, 1.82) is 5.26 Å². The van der Waals surface area contributed by atoms with Gasteiger partial charge in [0.2, 0.25) is 0 Å². The zero-order valence-electron chi connectivity index (χ0n) is 13.7. The highest BCUT2D eigenvalue weighted by Crippen LogP contribution is 2.30. The van der Waals surface area contributed by atoms with E-state index in [9.17, 15) is 10.1 Å². The molecule has 2 aromatic carbocycles. The summed E-state index contributed by atoms with van der Waals surface area (Å²) in [6, 6.07) is 16.2. The van der Waals surface area contributed by atoms with Crippen LogP contribution in [0.2, 0.25) is 0 Å². The summed E-state index contributed by atoms with van der Waals surface area (Å²) in [5, 5.41) is 9.46. The van der Waals surface area contributed by atoms with Crippen molar-refractivity contribution in [2.24, 2.45) is 0 Å². The summed E-state index contributed by atoms with van der Waals surface area (Å²) in [6.07, 6.45) is 0. The first kappa shape index (κ1) is 17.1. The summed E-state index contributed by atoms with van der Waals surface area (Å²) in [7, 11) is 4.40. The Kier molecular flexibility index (Phi) is 5.58. The van der Waals surface area contributed by atoms with E-state index in [-0.39, 0.29) is 5.57 Å². The van der Waals surface area contributed by atoms with Gasteiger partial charge in [0.15, 0.2) is 0 Å². The molecule has 0 saturated carbocycles. The Labute approximate surface area is 140 Å². The maximum Gasteiger partial charge on any atom is 0.349 e. The minimum absolute atomic E-state index is 0.0622. The lowest BCUT2D eigenvalue weighted by atomic mass is 9.93. The van der Waals surface area contributed by atoms with Gasteiger partial charge in [-0.15, -0.1) is 0 Å². The molecular weight excluding hydrogens is 306 g/mol. The van der Waals surface area contributed by atoms with Crippen LogP contribution in [0.4, 0.5) is 0 Å². The minimum Gasteiger partial charge on any atom is -0.497 e. The van der Waals surface area contributed by atoms with Crippen molar-refractivity contribution in [2.45, 2.75) is 0 Å². The molecule has 0 saturated heterocycles. The maximum atomic E-state index is 12.0. The molecule has 0 fully saturated rings. The molecular formula is C19H17NO4. The average Bonchev–Trinajstić information content (AvgIpc) is 2.65. The SMILES string of the molecule is COC(=O)C(C#N)=C(c1ccc(OC)cc1)c1ccc(OC)cc1. The van der Waals surface area contributed by atoms with Gasteiger partial charge in [-0.1, -0.05) is 24.3 Å². The molecule has 0 amide bonds. The summed E-state index contributed by atoms with van der Waals surface area (Å²) in [6.45, 7) is 0. The second-order valence-electron chi connectivity index (χ2n) is 4.81. The molecule has 0 bridgehead atoms. The van der Waals surface area contributed by atoms with Gasteiger partial charge in [-0.3, -0.25) is 0 Å². The topological polar surface area (TPSA) is 68.6 Å². The van der Waals surface area contributed by atoms with Gasteiger partial charge in [-0.05, 0) is 35.4 Å². The molecule has 0 aliphatic heterocycles. The number of ether oxygens (including phenoxy) is 3. The van der Waals surface area contributed by atoms with Crippen LogP contribution in [-0.2, 0) is 9.53 Å². The molecule has 24 heavy (non-hydrogen) atoms. The quantitative estimate of drug-likeness (QED) is 0.480. The van der Waals surface area contributed by atoms with Crippen LogP contribution in [0.3, 0.4) is 0 Å².